The zero-order valence-electron chi connectivity index (χ0n) is 9.66. The van der Waals surface area contributed by atoms with E-state index >= 15 is 0 Å². The highest BCUT2D eigenvalue weighted by Gasteiger charge is 2.12. The molecule has 2 aromatic carbocycles. The van der Waals surface area contributed by atoms with E-state index in [0.29, 0.717) is 27.0 Å². The molecule has 0 fully saturated rings. The molecule has 0 aliphatic rings. The SMILES string of the molecule is Clc1cc(Cl)c2oc(-c3cccc(CBr)c3)nc2c1. The molecule has 2 nitrogen and oxygen atoms in total. The minimum Gasteiger partial charge on any atom is -0.435 e. The van der Waals surface area contributed by atoms with Crippen molar-refractivity contribution in [3.63, 3.8) is 0 Å². The van der Waals surface area contributed by atoms with E-state index in [1.807, 2.05) is 24.3 Å². The van der Waals surface area contributed by atoms with Crippen LogP contribution in [0.4, 0.5) is 0 Å². The lowest BCUT2D eigenvalue weighted by molar-refractivity contribution is 0.620. The average Bonchev–Trinajstić information content (AvgIpc) is 2.83. The molecule has 96 valence electrons. The Labute approximate surface area is 128 Å². The first-order valence-corrected chi connectivity index (χ1v) is 7.46. The van der Waals surface area contributed by atoms with Gasteiger partial charge in [-0.15, -0.1) is 0 Å². The maximum atomic E-state index is 6.10. The standard InChI is InChI=1S/C14H8BrCl2NO/c15-7-8-2-1-3-9(4-8)14-18-12-6-10(16)5-11(17)13(12)19-14/h1-6H,7H2. The number of hydrogen-bond donors (Lipinski definition) is 0. The minimum absolute atomic E-state index is 0.470. The van der Waals surface area contributed by atoms with Gasteiger partial charge in [0.2, 0.25) is 5.89 Å². The van der Waals surface area contributed by atoms with Crippen LogP contribution in [0.3, 0.4) is 0 Å². The third-order valence-electron chi connectivity index (χ3n) is 2.74. The molecule has 0 atom stereocenters. The highest BCUT2D eigenvalue weighted by Crippen LogP contribution is 2.32. The topological polar surface area (TPSA) is 26.0 Å². The Morgan fingerprint density at radius 2 is 2.00 bits per heavy atom. The number of alkyl halides is 1. The van der Waals surface area contributed by atoms with Gasteiger partial charge >= 0.3 is 0 Å². The van der Waals surface area contributed by atoms with E-state index in [1.54, 1.807) is 12.1 Å². The lowest BCUT2D eigenvalue weighted by atomic mass is 10.1. The highest BCUT2D eigenvalue weighted by molar-refractivity contribution is 9.08. The highest BCUT2D eigenvalue weighted by atomic mass is 79.9. The predicted molar refractivity (Wildman–Crippen MR) is 82.1 cm³/mol. The number of aromatic nitrogens is 1. The largest absolute Gasteiger partial charge is 0.435 e. The maximum absolute atomic E-state index is 6.10. The Balaban J connectivity index is 2.17. The van der Waals surface area contributed by atoms with Gasteiger partial charge in [-0.1, -0.05) is 51.3 Å². The molecule has 0 aliphatic carbocycles. The van der Waals surface area contributed by atoms with E-state index in [9.17, 15) is 0 Å². The summed E-state index contributed by atoms with van der Waals surface area (Å²) in [5.74, 6) is 0.543. The fourth-order valence-corrected chi connectivity index (χ4v) is 2.74. The second-order valence-electron chi connectivity index (χ2n) is 4.09. The van der Waals surface area contributed by atoms with Gasteiger partial charge in [-0.3, -0.25) is 0 Å². The Morgan fingerprint density at radius 3 is 2.79 bits per heavy atom. The number of nitrogens with zero attached hydrogens (tertiary/aromatic N) is 1. The molecule has 0 bridgehead atoms. The normalized spacial score (nSPS) is 11.1. The molecule has 3 rings (SSSR count). The van der Waals surface area contributed by atoms with E-state index in [1.165, 1.54) is 0 Å². The maximum Gasteiger partial charge on any atom is 0.227 e. The summed E-state index contributed by atoms with van der Waals surface area (Å²) in [7, 11) is 0. The molecule has 0 radical (unpaired) electrons. The third kappa shape index (κ3) is 2.50. The molecule has 0 spiro atoms. The van der Waals surface area contributed by atoms with Crippen LogP contribution in [0.25, 0.3) is 22.6 Å². The van der Waals surface area contributed by atoms with Gasteiger partial charge in [0.1, 0.15) is 5.52 Å². The van der Waals surface area contributed by atoms with Gasteiger partial charge in [0.15, 0.2) is 5.58 Å². The fraction of sp³-hybridized carbons (Fsp3) is 0.0714. The van der Waals surface area contributed by atoms with E-state index in [0.717, 1.165) is 16.5 Å². The second-order valence-corrected chi connectivity index (χ2v) is 5.49. The van der Waals surface area contributed by atoms with Crippen LogP contribution >= 0.6 is 39.1 Å². The van der Waals surface area contributed by atoms with Gasteiger partial charge in [0.05, 0.1) is 5.02 Å². The number of rotatable bonds is 2. The monoisotopic (exact) mass is 355 g/mol. The smallest absolute Gasteiger partial charge is 0.227 e. The minimum atomic E-state index is 0.470. The summed E-state index contributed by atoms with van der Waals surface area (Å²) in [4.78, 5) is 4.43. The fourth-order valence-electron chi connectivity index (χ4n) is 1.87. The summed E-state index contributed by atoms with van der Waals surface area (Å²) in [6.07, 6.45) is 0. The van der Waals surface area contributed by atoms with Crippen LogP contribution in [0.5, 0.6) is 0 Å². The van der Waals surface area contributed by atoms with Crippen molar-refractivity contribution < 1.29 is 4.42 Å². The predicted octanol–water partition coefficient (Wildman–Crippen LogP) is 5.70. The molecule has 1 aromatic heterocycles. The molecule has 3 aromatic rings. The van der Waals surface area contributed by atoms with Crippen molar-refractivity contribution in [1.29, 1.82) is 0 Å². The number of benzene rings is 2. The van der Waals surface area contributed by atoms with Crippen LogP contribution in [0.2, 0.25) is 10.0 Å². The quantitative estimate of drug-likeness (QED) is 0.550. The van der Waals surface area contributed by atoms with Crippen LogP contribution in [0.1, 0.15) is 5.56 Å². The summed E-state index contributed by atoms with van der Waals surface area (Å²) >= 11 is 15.5. The van der Waals surface area contributed by atoms with Crippen molar-refractivity contribution in [2.75, 3.05) is 0 Å². The summed E-state index contributed by atoms with van der Waals surface area (Å²) in [5.41, 5.74) is 3.30. The van der Waals surface area contributed by atoms with Crippen LogP contribution in [-0.2, 0) is 5.33 Å². The Kier molecular flexibility index (Phi) is 3.52. The van der Waals surface area contributed by atoms with E-state index in [-0.39, 0.29) is 0 Å². The number of halogens is 3. The zero-order valence-corrected chi connectivity index (χ0v) is 12.8. The second kappa shape index (κ2) is 5.16. The lowest BCUT2D eigenvalue weighted by Gasteiger charge is -1.98. The van der Waals surface area contributed by atoms with Gasteiger partial charge in [-0.2, -0.15) is 0 Å². The lowest BCUT2D eigenvalue weighted by Crippen LogP contribution is -1.80. The molecule has 0 unspecified atom stereocenters. The van der Waals surface area contributed by atoms with Crippen LogP contribution in [0.15, 0.2) is 40.8 Å². The first kappa shape index (κ1) is 13.0. The summed E-state index contributed by atoms with van der Waals surface area (Å²) < 4.78 is 5.72. The Morgan fingerprint density at radius 1 is 1.16 bits per heavy atom. The molecule has 0 amide bonds. The molecule has 0 N–H and O–H groups in total. The van der Waals surface area contributed by atoms with Crippen LogP contribution in [0, 0.1) is 0 Å². The number of fused-ring (bicyclic) bond motifs is 1. The van der Waals surface area contributed by atoms with E-state index in [2.05, 4.69) is 20.9 Å². The number of oxazole rings is 1. The zero-order chi connectivity index (χ0) is 13.4. The van der Waals surface area contributed by atoms with E-state index in [4.69, 9.17) is 27.6 Å². The van der Waals surface area contributed by atoms with Crippen molar-refractivity contribution in [3.05, 3.63) is 52.0 Å². The van der Waals surface area contributed by atoms with Crippen molar-refractivity contribution in [2.24, 2.45) is 0 Å². The molecule has 0 saturated carbocycles. The summed E-state index contributed by atoms with van der Waals surface area (Å²) in [6.45, 7) is 0. The molecular weight excluding hydrogens is 349 g/mol. The molecule has 0 saturated heterocycles. The van der Waals surface area contributed by atoms with Crippen molar-refractivity contribution in [3.8, 4) is 11.5 Å². The van der Waals surface area contributed by atoms with Gasteiger partial charge in [-0.25, -0.2) is 4.98 Å². The Bertz CT molecular complexity index is 754. The molecule has 19 heavy (non-hydrogen) atoms. The molecular formula is C14H8BrCl2NO. The van der Waals surface area contributed by atoms with Gasteiger partial charge in [0.25, 0.3) is 0 Å². The third-order valence-corrected chi connectivity index (χ3v) is 3.88. The number of hydrogen-bond acceptors (Lipinski definition) is 2. The molecule has 0 aliphatic heterocycles. The first-order valence-electron chi connectivity index (χ1n) is 5.58. The van der Waals surface area contributed by atoms with Crippen molar-refractivity contribution in [1.82, 2.24) is 4.98 Å². The van der Waals surface area contributed by atoms with Crippen molar-refractivity contribution >= 4 is 50.2 Å². The van der Waals surface area contributed by atoms with Crippen LogP contribution < -0.4 is 0 Å². The average molecular weight is 357 g/mol. The first-order chi connectivity index (χ1) is 9.17. The Hall–Kier alpha value is -1.03. The molecule has 1 heterocycles. The molecule has 5 heteroatoms. The van der Waals surface area contributed by atoms with E-state index < -0.39 is 0 Å². The summed E-state index contributed by atoms with van der Waals surface area (Å²) in [5, 5.41) is 1.80. The van der Waals surface area contributed by atoms with Gasteiger partial charge < -0.3 is 4.42 Å². The van der Waals surface area contributed by atoms with Gasteiger partial charge in [-0.05, 0) is 29.8 Å². The summed E-state index contributed by atoms with van der Waals surface area (Å²) in [6, 6.07) is 11.4. The van der Waals surface area contributed by atoms with Crippen LogP contribution in [-0.4, -0.2) is 4.98 Å². The van der Waals surface area contributed by atoms with Crippen molar-refractivity contribution in [2.45, 2.75) is 5.33 Å². The van der Waals surface area contributed by atoms with Gasteiger partial charge in [0, 0.05) is 15.9 Å².